The minimum atomic E-state index is -0.343. The number of nitrogens with one attached hydrogen (secondary N) is 1. The van der Waals surface area contributed by atoms with E-state index in [4.69, 9.17) is 9.37 Å². The number of halogens is 1. The van der Waals surface area contributed by atoms with Crippen LogP contribution in [0.3, 0.4) is 0 Å². The van der Waals surface area contributed by atoms with Gasteiger partial charge in [-0.25, -0.2) is 4.63 Å². The number of anilines is 1. The van der Waals surface area contributed by atoms with Gasteiger partial charge in [-0.2, -0.15) is 0 Å². The molecule has 0 saturated carbocycles. The van der Waals surface area contributed by atoms with Crippen LogP contribution in [0.25, 0.3) is 11.3 Å². The minimum absolute atomic E-state index is 0.129. The van der Waals surface area contributed by atoms with Crippen LogP contribution in [0.15, 0.2) is 57.6 Å². The van der Waals surface area contributed by atoms with E-state index in [9.17, 15) is 4.79 Å². The number of rotatable bonds is 5. The van der Waals surface area contributed by atoms with Gasteiger partial charge in [-0.3, -0.25) is 4.79 Å². The number of amides is 1. The summed E-state index contributed by atoms with van der Waals surface area (Å²) in [6.45, 7) is 1.85. The largest absolute Gasteiger partial charge is 0.484 e. The van der Waals surface area contributed by atoms with Gasteiger partial charge in [-0.05, 0) is 41.5 Å². The van der Waals surface area contributed by atoms with Crippen molar-refractivity contribution in [2.24, 2.45) is 0 Å². The lowest BCUT2D eigenvalue weighted by molar-refractivity contribution is -0.118. The van der Waals surface area contributed by atoms with E-state index in [1.54, 1.807) is 0 Å². The summed E-state index contributed by atoms with van der Waals surface area (Å²) >= 11 is 3.37. The van der Waals surface area contributed by atoms with Crippen molar-refractivity contribution in [2.45, 2.75) is 6.92 Å². The molecule has 0 unspecified atom stereocenters. The Labute approximate surface area is 146 Å². The lowest BCUT2D eigenvalue weighted by Crippen LogP contribution is -2.20. The molecule has 1 heterocycles. The van der Waals surface area contributed by atoms with Gasteiger partial charge in [0.25, 0.3) is 5.91 Å². The lowest BCUT2D eigenvalue weighted by Gasteiger charge is -2.06. The fourth-order valence-electron chi connectivity index (χ4n) is 2.02. The van der Waals surface area contributed by atoms with Gasteiger partial charge < -0.3 is 10.1 Å². The van der Waals surface area contributed by atoms with Gasteiger partial charge >= 0.3 is 0 Å². The molecule has 0 saturated heterocycles. The van der Waals surface area contributed by atoms with Gasteiger partial charge in [0.15, 0.2) is 12.3 Å². The van der Waals surface area contributed by atoms with Crippen LogP contribution in [0.5, 0.6) is 5.75 Å². The number of hydrogen-bond acceptors (Lipinski definition) is 5. The molecule has 6 nitrogen and oxygen atoms in total. The number of nitrogens with zero attached hydrogens (tertiary/aromatic N) is 2. The van der Waals surface area contributed by atoms with Crippen LogP contribution in [0.1, 0.15) is 5.56 Å². The predicted octanol–water partition coefficient (Wildman–Crippen LogP) is 3.83. The number of benzene rings is 2. The van der Waals surface area contributed by atoms with E-state index in [0.29, 0.717) is 11.4 Å². The summed E-state index contributed by atoms with van der Waals surface area (Å²) in [6, 6.07) is 14.9. The average Bonchev–Trinajstić information content (AvgIpc) is 3.03. The highest BCUT2D eigenvalue weighted by molar-refractivity contribution is 9.10. The van der Waals surface area contributed by atoms with Gasteiger partial charge in [0.2, 0.25) is 5.82 Å². The van der Waals surface area contributed by atoms with E-state index in [2.05, 4.69) is 31.6 Å². The SMILES string of the molecule is Cc1ccc(OCC(=O)Nc2nonc2-c2ccc(Br)cc2)cc1. The summed E-state index contributed by atoms with van der Waals surface area (Å²) in [5.74, 6) is 0.543. The minimum Gasteiger partial charge on any atom is -0.484 e. The van der Waals surface area contributed by atoms with Crippen molar-refractivity contribution in [1.82, 2.24) is 10.3 Å². The zero-order valence-electron chi connectivity index (χ0n) is 12.8. The molecule has 3 rings (SSSR count). The van der Waals surface area contributed by atoms with E-state index in [-0.39, 0.29) is 18.3 Å². The van der Waals surface area contributed by atoms with E-state index < -0.39 is 0 Å². The van der Waals surface area contributed by atoms with Crippen LogP contribution < -0.4 is 10.1 Å². The Morgan fingerprint density at radius 3 is 2.54 bits per heavy atom. The molecule has 0 aliphatic rings. The van der Waals surface area contributed by atoms with E-state index in [1.807, 2.05) is 55.5 Å². The smallest absolute Gasteiger partial charge is 0.263 e. The highest BCUT2D eigenvalue weighted by Gasteiger charge is 2.15. The topological polar surface area (TPSA) is 77.2 Å². The van der Waals surface area contributed by atoms with Gasteiger partial charge in [0.1, 0.15) is 5.75 Å². The monoisotopic (exact) mass is 387 g/mol. The Hall–Kier alpha value is -2.67. The molecule has 0 bridgehead atoms. The van der Waals surface area contributed by atoms with Gasteiger partial charge in [-0.15, -0.1) is 0 Å². The number of carbonyl (C=O) groups is 1. The van der Waals surface area contributed by atoms with E-state index in [1.165, 1.54) is 0 Å². The predicted molar refractivity (Wildman–Crippen MR) is 92.7 cm³/mol. The van der Waals surface area contributed by atoms with Gasteiger partial charge in [0.05, 0.1) is 0 Å². The van der Waals surface area contributed by atoms with Gasteiger partial charge in [-0.1, -0.05) is 45.8 Å². The second kappa shape index (κ2) is 7.27. The summed E-state index contributed by atoms with van der Waals surface area (Å²) in [6.07, 6.45) is 0. The number of ether oxygens (including phenoxy) is 1. The molecule has 24 heavy (non-hydrogen) atoms. The maximum absolute atomic E-state index is 12.0. The zero-order chi connectivity index (χ0) is 16.9. The molecule has 1 amide bonds. The van der Waals surface area contributed by atoms with Gasteiger partial charge in [0, 0.05) is 10.0 Å². The fraction of sp³-hybridized carbons (Fsp3) is 0.118. The van der Waals surface area contributed by atoms with Crippen molar-refractivity contribution in [2.75, 3.05) is 11.9 Å². The van der Waals surface area contributed by atoms with Crippen LogP contribution in [0.4, 0.5) is 5.82 Å². The van der Waals surface area contributed by atoms with Crippen LogP contribution >= 0.6 is 15.9 Å². The van der Waals surface area contributed by atoms with Crippen molar-refractivity contribution < 1.29 is 14.2 Å². The van der Waals surface area contributed by atoms with Crippen molar-refractivity contribution in [3.63, 3.8) is 0 Å². The summed E-state index contributed by atoms with van der Waals surface area (Å²) in [4.78, 5) is 12.0. The Morgan fingerprint density at radius 2 is 1.83 bits per heavy atom. The first kappa shape index (κ1) is 16.2. The van der Waals surface area contributed by atoms with Crippen LogP contribution in [0, 0.1) is 6.92 Å². The van der Waals surface area contributed by atoms with Crippen molar-refractivity contribution in [1.29, 1.82) is 0 Å². The molecule has 3 aromatic rings. The zero-order valence-corrected chi connectivity index (χ0v) is 14.4. The standard InChI is InChI=1S/C17H14BrN3O3/c1-11-2-8-14(9-3-11)23-10-15(22)19-17-16(20-24-21-17)12-4-6-13(18)7-5-12/h2-9H,10H2,1H3,(H,19,21,22). The maximum atomic E-state index is 12.0. The second-order valence-corrected chi connectivity index (χ2v) is 6.03. The third-order valence-electron chi connectivity index (χ3n) is 3.25. The summed E-state index contributed by atoms with van der Waals surface area (Å²) in [7, 11) is 0. The molecule has 0 fully saturated rings. The Balaban J connectivity index is 1.64. The molecule has 0 atom stereocenters. The molecular formula is C17H14BrN3O3. The molecule has 0 spiro atoms. The Morgan fingerprint density at radius 1 is 1.12 bits per heavy atom. The van der Waals surface area contributed by atoms with E-state index >= 15 is 0 Å². The Bertz CT molecular complexity index is 829. The average molecular weight is 388 g/mol. The summed E-state index contributed by atoms with van der Waals surface area (Å²) in [5, 5.41) is 10.2. The first-order valence-corrected chi connectivity index (χ1v) is 7.99. The van der Waals surface area contributed by atoms with Crippen molar-refractivity contribution >= 4 is 27.7 Å². The van der Waals surface area contributed by atoms with Crippen molar-refractivity contribution in [3.05, 3.63) is 58.6 Å². The third kappa shape index (κ3) is 3.99. The molecule has 0 radical (unpaired) electrons. The Kier molecular flexibility index (Phi) is 4.90. The molecule has 1 N–H and O–H groups in total. The molecule has 2 aromatic carbocycles. The third-order valence-corrected chi connectivity index (χ3v) is 3.78. The highest BCUT2D eigenvalue weighted by atomic mass is 79.9. The van der Waals surface area contributed by atoms with E-state index in [0.717, 1.165) is 15.6 Å². The number of aromatic nitrogens is 2. The fourth-order valence-corrected chi connectivity index (χ4v) is 2.28. The van der Waals surface area contributed by atoms with Crippen molar-refractivity contribution in [3.8, 4) is 17.0 Å². The first-order chi connectivity index (χ1) is 11.6. The molecule has 122 valence electrons. The highest BCUT2D eigenvalue weighted by Crippen LogP contribution is 2.25. The maximum Gasteiger partial charge on any atom is 0.263 e. The lowest BCUT2D eigenvalue weighted by atomic mass is 10.1. The normalized spacial score (nSPS) is 10.4. The number of hydrogen-bond donors (Lipinski definition) is 1. The first-order valence-electron chi connectivity index (χ1n) is 7.19. The number of aryl methyl sites for hydroxylation is 1. The molecule has 7 heteroatoms. The molecule has 0 aliphatic carbocycles. The summed E-state index contributed by atoms with van der Waals surface area (Å²) < 4.78 is 11.1. The van der Waals surface area contributed by atoms with Crippen LogP contribution in [-0.4, -0.2) is 22.8 Å². The molecule has 0 aliphatic heterocycles. The quantitative estimate of drug-likeness (QED) is 0.719. The summed E-state index contributed by atoms with van der Waals surface area (Å²) in [5.41, 5.74) is 2.38. The second-order valence-electron chi connectivity index (χ2n) is 5.12. The molecule has 1 aromatic heterocycles. The molecular weight excluding hydrogens is 374 g/mol. The number of carbonyl (C=O) groups excluding carboxylic acids is 1. The van der Waals surface area contributed by atoms with Crippen LogP contribution in [0.2, 0.25) is 0 Å². The van der Waals surface area contributed by atoms with Crippen LogP contribution in [-0.2, 0) is 4.79 Å².